The van der Waals surface area contributed by atoms with E-state index in [1.54, 1.807) is 24.1 Å². The van der Waals surface area contributed by atoms with Crippen LogP contribution in [0, 0.1) is 11.2 Å². The minimum Gasteiger partial charge on any atom is -0.385 e. The second kappa shape index (κ2) is 9.64. The molecular weight excluding hydrogens is 337 g/mol. The van der Waals surface area contributed by atoms with Gasteiger partial charge in [-0.2, -0.15) is 0 Å². The first-order valence-corrected chi connectivity index (χ1v) is 9.01. The van der Waals surface area contributed by atoms with E-state index in [0.29, 0.717) is 32.7 Å². The van der Waals surface area contributed by atoms with E-state index in [1.165, 1.54) is 12.1 Å². The van der Waals surface area contributed by atoms with E-state index in [0.717, 1.165) is 18.5 Å². The molecule has 0 aromatic heterocycles. The predicted octanol–water partition coefficient (Wildman–Crippen LogP) is 1.31. The molecule has 1 aromatic carbocycles. The number of carbonyl (C=O) groups is 2. The van der Waals surface area contributed by atoms with Crippen LogP contribution in [0.5, 0.6) is 0 Å². The maximum atomic E-state index is 13.1. The Labute approximate surface area is 154 Å². The molecule has 0 spiro atoms. The van der Waals surface area contributed by atoms with E-state index >= 15 is 0 Å². The number of nitrogens with one attached hydrogen (secondary N) is 2. The third-order valence-corrected chi connectivity index (χ3v) is 4.89. The molecule has 2 amide bonds. The summed E-state index contributed by atoms with van der Waals surface area (Å²) in [6.45, 7) is 4.59. The van der Waals surface area contributed by atoms with E-state index < -0.39 is 5.41 Å². The van der Waals surface area contributed by atoms with Crippen molar-refractivity contribution in [1.82, 2.24) is 15.5 Å². The molecule has 1 saturated heterocycles. The summed E-state index contributed by atoms with van der Waals surface area (Å²) in [6, 6.07) is 5.97. The quantitative estimate of drug-likeness (QED) is 0.692. The van der Waals surface area contributed by atoms with Gasteiger partial charge in [-0.3, -0.25) is 9.59 Å². The monoisotopic (exact) mass is 365 g/mol. The highest BCUT2D eigenvalue weighted by Crippen LogP contribution is 2.32. The molecule has 144 valence electrons. The van der Waals surface area contributed by atoms with Crippen LogP contribution in [0.15, 0.2) is 24.3 Å². The lowest BCUT2D eigenvalue weighted by atomic mass is 9.82. The molecule has 1 aliphatic heterocycles. The molecule has 26 heavy (non-hydrogen) atoms. The zero-order chi connectivity index (χ0) is 19.0. The summed E-state index contributed by atoms with van der Waals surface area (Å²) >= 11 is 0. The molecule has 0 bridgehead atoms. The summed E-state index contributed by atoms with van der Waals surface area (Å²) in [6.07, 6.45) is 1.39. The van der Waals surface area contributed by atoms with Crippen LogP contribution >= 0.6 is 0 Å². The third-order valence-electron chi connectivity index (χ3n) is 4.89. The molecule has 1 aliphatic rings. The highest BCUT2D eigenvalue weighted by atomic mass is 19.1. The number of nitrogens with zero attached hydrogens (tertiary/aromatic N) is 1. The molecule has 1 fully saturated rings. The van der Waals surface area contributed by atoms with Gasteiger partial charge in [-0.05, 0) is 44.0 Å². The van der Waals surface area contributed by atoms with Gasteiger partial charge in [0.1, 0.15) is 5.82 Å². The Hall–Kier alpha value is -1.99. The first kappa shape index (κ1) is 20.3. The maximum Gasteiger partial charge on any atom is 0.239 e. The summed E-state index contributed by atoms with van der Waals surface area (Å²) in [7, 11) is 1.63. The number of likely N-dealkylation sites (N-methyl/N-ethyl adjacent to an activating group) is 1. The molecule has 1 heterocycles. The highest BCUT2D eigenvalue weighted by Gasteiger charge is 2.43. The van der Waals surface area contributed by atoms with Crippen LogP contribution in [0.25, 0.3) is 0 Å². The van der Waals surface area contributed by atoms with Crippen LogP contribution in [0.2, 0.25) is 0 Å². The fourth-order valence-corrected chi connectivity index (χ4v) is 3.24. The number of rotatable bonds is 9. The van der Waals surface area contributed by atoms with Crippen LogP contribution in [0.1, 0.15) is 25.3 Å². The Kier molecular flexibility index (Phi) is 7.53. The van der Waals surface area contributed by atoms with Crippen molar-refractivity contribution in [2.24, 2.45) is 5.41 Å². The van der Waals surface area contributed by atoms with Gasteiger partial charge < -0.3 is 20.3 Å². The summed E-state index contributed by atoms with van der Waals surface area (Å²) in [5.41, 5.74) is 0.314. The van der Waals surface area contributed by atoms with Crippen molar-refractivity contribution >= 4 is 11.8 Å². The topological polar surface area (TPSA) is 70.7 Å². The van der Waals surface area contributed by atoms with E-state index in [9.17, 15) is 14.0 Å². The highest BCUT2D eigenvalue weighted by molar-refractivity contribution is 5.88. The van der Waals surface area contributed by atoms with E-state index in [-0.39, 0.29) is 24.2 Å². The van der Waals surface area contributed by atoms with Gasteiger partial charge in [-0.25, -0.2) is 4.39 Å². The molecule has 1 unspecified atom stereocenters. The second-order valence-electron chi connectivity index (χ2n) is 6.67. The largest absolute Gasteiger partial charge is 0.385 e. The molecule has 1 atom stereocenters. The third kappa shape index (κ3) is 5.25. The van der Waals surface area contributed by atoms with E-state index in [2.05, 4.69) is 10.6 Å². The van der Waals surface area contributed by atoms with Gasteiger partial charge in [0.15, 0.2) is 0 Å². The Balaban J connectivity index is 1.92. The smallest absolute Gasteiger partial charge is 0.239 e. The predicted molar refractivity (Wildman–Crippen MR) is 96.9 cm³/mol. The first-order valence-electron chi connectivity index (χ1n) is 9.01. The Morgan fingerprint density at radius 2 is 2.08 bits per heavy atom. The van der Waals surface area contributed by atoms with Gasteiger partial charge in [0.25, 0.3) is 0 Å². The van der Waals surface area contributed by atoms with Crippen molar-refractivity contribution < 1.29 is 18.7 Å². The summed E-state index contributed by atoms with van der Waals surface area (Å²) < 4.78 is 18.1. The molecule has 7 heteroatoms. The maximum absolute atomic E-state index is 13.1. The van der Waals surface area contributed by atoms with Crippen molar-refractivity contribution in [2.45, 2.75) is 26.3 Å². The van der Waals surface area contributed by atoms with Crippen molar-refractivity contribution in [2.75, 3.05) is 39.9 Å². The van der Waals surface area contributed by atoms with Crippen molar-refractivity contribution in [3.63, 3.8) is 0 Å². The number of amides is 2. The van der Waals surface area contributed by atoms with Crippen molar-refractivity contribution in [3.05, 3.63) is 35.6 Å². The Bertz CT molecular complexity index is 601. The average Bonchev–Trinajstić information content (AvgIpc) is 3.13. The SMILES string of the molecule is CCN(CC(=O)NCc1ccc(F)cc1)C(=O)C1(CCOC)CCNC1. The molecule has 2 rings (SSSR count). The molecule has 1 aromatic rings. The molecule has 0 aliphatic carbocycles. The molecular formula is C19H28FN3O3. The average molecular weight is 365 g/mol. The van der Waals surface area contributed by atoms with Crippen LogP contribution in [-0.2, 0) is 20.9 Å². The summed E-state index contributed by atoms with van der Waals surface area (Å²) in [5, 5.41) is 6.04. The zero-order valence-corrected chi connectivity index (χ0v) is 15.5. The van der Waals surface area contributed by atoms with Crippen LogP contribution in [-0.4, -0.2) is 56.6 Å². The first-order chi connectivity index (χ1) is 12.5. The van der Waals surface area contributed by atoms with Crippen LogP contribution < -0.4 is 10.6 Å². The van der Waals surface area contributed by atoms with Gasteiger partial charge in [0, 0.05) is 33.4 Å². The van der Waals surface area contributed by atoms with E-state index in [4.69, 9.17) is 4.74 Å². The number of carbonyl (C=O) groups excluding carboxylic acids is 2. The Morgan fingerprint density at radius 1 is 1.35 bits per heavy atom. The van der Waals surface area contributed by atoms with Crippen molar-refractivity contribution in [3.8, 4) is 0 Å². The fourth-order valence-electron chi connectivity index (χ4n) is 3.24. The van der Waals surface area contributed by atoms with Gasteiger partial charge in [0.05, 0.1) is 12.0 Å². The molecule has 0 radical (unpaired) electrons. The van der Waals surface area contributed by atoms with Crippen LogP contribution in [0.3, 0.4) is 0 Å². The number of halogens is 1. The summed E-state index contributed by atoms with van der Waals surface area (Å²) in [4.78, 5) is 26.9. The zero-order valence-electron chi connectivity index (χ0n) is 15.5. The summed E-state index contributed by atoms with van der Waals surface area (Å²) in [5.74, 6) is -0.536. The number of methoxy groups -OCH3 is 1. The number of ether oxygens (including phenoxy) is 1. The van der Waals surface area contributed by atoms with Gasteiger partial charge in [-0.1, -0.05) is 12.1 Å². The second-order valence-corrected chi connectivity index (χ2v) is 6.67. The minimum atomic E-state index is -0.497. The fraction of sp³-hybridized carbons (Fsp3) is 0.579. The van der Waals surface area contributed by atoms with E-state index in [1.807, 2.05) is 6.92 Å². The Morgan fingerprint density at radius 3 is 2.65 bits per heavy atom. The normalized spacial score (nSPS) is 19.3. The standard InChI is InChI=1S/C19H28FN3O3/c1-3-23(18(25)19(9-11-26-2)8-10-21-14-19)13-17(24)22-12-15-4-6-16(20)7-5-15/h4-7,21H,3,8-14H2,1-2H3,(H,22,24). The lowest BCUT2D eigenvalue weighted by Gasteiger charge is -2.33. The lowest BCUT2D eigenvalue weighted by molar-refractivity contribution is -0.145. The van der Waals surface area contributed by atoms with Crippen LogP contribution in [0.4, 0.5) is 4.39 Å². The lowest BCUT2D eigenvalue weighted by Crippen LogP contribution is -2.49. The number of hydrogen-bond acceptors (Lipinski definition) is 4. The molecule has 2 N–H and O–H groups in total. The molecule has 6 nitrogen and oxygen atoms in total. The minimum absolute atomic E-state index is 0.000942. The van der Waals surface area contributed by atoms with Gasteiger partial charge in [-0.15, -0.1) is 0 Å². The molecule has 0 saturated carbocycles. The van der Waals surface area contributed by atoms with Gasteiger partial charge in [0.2, 0.25) is 11.8 Å². The number of hydrogen-bond donors (Lipinski definition) is 2. The van der Waals surface area contributed by atoms with Gasteiger partial charge >= 0.3 is 0 Å². The van der Waals surface area contributed by atoms with Crippen molar-refractivity contribution in [1.29, 1.82) is 0 Å². The number of benzene rings is 1.